The van der Waals surface area contributed by atoms with Crippen molar-refractivity contribution in [2.45, 2.75) is 58.3 Å². The summed E-state index contributed by atoms with van der Waals surface area (Å²) < 4.78 is 31.3. The highest BCUT2D eigenvalue weighted by Crippen LogP contribution is 2.33. The third-order valence-electron chi connectivity index (χ3n) is 5.87. The zero-order valence-corrected chi connectivity index (χ0v) is 22.6. The molecule has 0 aromatic heterocycles. The van der Waals surface area contributed by atoms with Gasteiger partial charge in [0.2, 0.25) is 0 Å². The Balaban J connectivity index is 2.05. The Hall–Kier alpha value is -2.95. The van der Waals surface area contributed by atoms with Crippen LogP contribution in [0.4, 0.5) is 10.5 Å². The topological polar surface area (TPSA) is 110 Å². The van der Waals surface area contributed by atoms with Gasteiger partial charge in [0.15, 0.2) is 0 Å². The lowest BCUT2D eigenvalue weighted by Gasteiger charge is -2.38. The summed E-state index contributed by atoms with van der Waals surface area (Å²) in [5.74, 6) is -1.38. The summed E-state index contributed by atoms with van der Waals surface area (Å²) in [6, 6.07) is 12.9. The van der Waals surface area contributed by atoms with Crippen LogP contribution >= 0.6 is 11.6 Å². The second-order valence-electron chi connectivity index (χ2n) is 9.94. The molecular weight excluding hydrogens is 506 g/mol. The first kappa shape index (κ1) is 27.6. The number of nitrogens with zero attached hydrogens (tertiary/aromatic N) is 3. The summed E-state index contributed by atoms with van der Waals surface area (Å²) in [4.78, 5) is 41.2. The molecule has 2 aromatic rings. The SMILES string of the molecule is CN1C(=O)N(C(CC(=O)OC(C)(C)C)N(c2ccc(-c3ccc(Cl)cc3)cc2)S(=O)[O-])C(=O)C1(C)C. The van der Waals surface area contributed by atoms with E-state index in [0.717, 1.165) is 20.3 Å². The molecule has 194 valence electrons. The fourth-order valence-corrected chi connectivity index (χ4v) is 4.59. The van der Waals surface area contributed by atoms with Gasteiger partial charge in [-0.2, -0.15) is 0 Å². The molecule has 0 bridgehead atoms. The average molecular weight is 535 g/mol. The van der Waals surface area contributed by atoms with Gasteiger partial charge in [-0.15, -0.1) is 0 Å². The van der Waals surface area contributed by atoms with E-state index in [4.69, 9.17) is 16.3 Å². The Morgan fingerprint density at radius 3 is 2.00 bits per heavy atom. The molecule has 11 heteroatoms. The lowest BCUT2D eigenvalue weighted by molar-refractivity contribution is -0.156. The van der Waals surface area contributed by atoms with Crippen LogP contribution < -0.4 is 4.31 Å². The highest BCUT2D eigenvalue weighted by Gasteiger charge is 2.53. The molecule has 0 aliphatic carbocycles. The van der Waals surface area contributed by atoms with Crippen molar-refractivity contribution < 1.29 is 27.9 Å². The Kier molecular flexibility index (Phi) is 7.83. The second-order valence-corrected chi connectivity index (χ2v) is 11.2. The number of halogens is 1. The molecule has 1 aliphatic rings. The minimum atomic E-state index is -2.95. The second kappa shape index (κ2) is 10.2. The van der Waals surface area contributed by atoms with Crippen molar-refractivity contribution in [1.29, 1.82) is 0 Å². The van der Waals surface area contributed by atoms with E-state index < -0.39 is 52.9 Å². The largest absolute Gasteiger partial charge is 0.755 e. The van der Waals surface area contributed by atoms with Crippen LogP contribution in [0.25, 0.3) is 11.1 Å². The molecule has 1 heterocycles. The molecule has 2 atom stereocenters. The standard InChI is InChI=1S/C25H30ClN3O6S/c1-24(2,3)35-21(30)15-20(28-22(31)25(4,5)27(6)23(28)32)29(36(33)34)19-13-9-17(10-14-19)16-7-11-18(26)12-8-16/h7-14,20H,15H2,1-6H3,(H,33,34)/p-1. The first-order valence-electron chi connectivity index (χ1n) is 11.2. The summed E-state index contributed by atoms with van der Waals surface area (Å²) >= 11 is 3.01. The van der Waals surface area contributed by atoms with Crippen molar-refractivity contribution in [3.63, 3.8) is 0 Å². The van der Waals surface area contributed by atoms with Crippen LogP contribution in [-0.2, 0) is 25.6 Å². The average Bonchev–Trinajstić information content (AvgIpc) is 2.92. The van der Waals surface area contributed by atoms with Crippen LogP contribution in [0.3, 0.4) is 0 Å². The van der Waals surface area contributed by atoms with Crippen molar-refractivity contribution in [3.05, 3.63) is 53.6 Å². The third kappa shape index (κ3) is 5.71. The normalized spacial score (nSPS) is 17.2. The number of anilines is 1. The van der Waals surface area contributed by atoms with Gasteiger partial charge in [0.25, 0.3) is 5.91 Å². The fraction of sp³-hybridized carbons (Fsp3) is 0.400. The van der Waals surface area contributed by atoms with Gasteiger partial charge in [0.1, 0.15) is 17.3 Å². The van der Waals surface area contributed by atoms with Gasteiger partial charge >= 0.3 is 12.0 Å². The van der Waals surface area contributed by atoms with Crippen LogP contribution in [0.15, 0.2) is 48.5 Å². The van der Waals surface area contributed by atoms with Crippen LogP contribution in [0.5, 0.6) is 0 Å². The maximum absolute atomic E-state index is 13.3. The number of rotatable bonds is 7. The molecule has 0 N–H and O–H groups in total. The van der Waals surface area contributed by atoms with Crippen molar-refractivity contribution >= 4 is 46.5 Å². The molecule has 0 spiro atoms. The van der Waals surface area contributed by atoms with Crippen molar-refractivity contribution in [2.75, 3.05) is 11.4 Å². The molecule has 1 saturated heterocycles. The van der Waals surface area contributed by atoms with E-state index in [9.17, 15) is 23.1 Å². The molecule has 1 aliphatic heterocycles. The van der Waals surface area contributed by atoms with Gasteiger partial charge in [-0.05, 0) is 70.0 Å². The molecule has 0 saturated carbocycles. The Labute approximate surface area is 218 Å². The number of ether oxygens (including phenoxy) is 1. The number of carbonyl (C=O) groups is 3. The van der Waals surface area contributed by atoms with Crippen molar-refractivity contribution in [2.24, 2.45) is 0 Å². The van der Waals surface area contributed by atoms with E-state index in [1.165, 1.54) is 11.9 Å². The molecule has 2 unspecified atom stereocenters. The molecule has 2 aromatic carbocycles. The summed E-state index contributed by atoms with van der Waals surface area (Å²) in [7, 11) is 1.45. The highest BCUT2D eigenvalue weighted by atomic mass is 35.5. The monoisotopic (exact) mass is 534 g/mol. The lowest BCUT2D eigenvalue weighted by atomic mass is 10.0. The van der Waals surface area contributed by atoms with E-state index in [1.807, 2.05) is 12.1 Å². The Morgan fingerprint density at radius 2 is 1.58 bits per heavy atom. The molecule has 3 amide bonds. The number of esters is 1. The minimum Gasteiger partial charge on any atom is -0.755 e. The van der Waals surface area contributed by atoms with E-state index in [1.54, 1.807) is 71.0 Å². The van der Waals surface area contributed by atoms with Gasteiger partial charge in [-0.25, -0.2) is 9.69 Å². The van der Waals surface area contributed by atoms with E-state index >= 15 is 0 Å². The summed E-state index contributed by atoms with van der Waals surface area (Å²) in [6.07, 6.45) is -2.02. The van der Waals surface area contributed by atoms with Gasteiger partial charge in [0, 0.05) is 23.3 Å². The van der Waals surface area contributed by atoms with Gasteiger partial charge in [-0.3, -0.25) is 18.1 Å². The predicted octanol–water partition coefficient (Wildman–Crippen LogP) is 4.34. The quantitative estimate of drug-likeness (QED) is 0.297. The third-order valence-corrected chi connectivity index (χ3v) is 6.90. The van der Waals surface area contributed by atoms with Gasteiger partial charge < -0.3 is 14.2 Å². The molecule has 3 rings (SSSR count). The summed E-state index contributed by atoms with van der Waals surface area (Å²) in [5.41, 5.74) is -0.248. The maximum Gasteiger partial charge on any atom is 0.329 e. The number of hydrogen-bond acceptors (Lipinski definition) is 6. The minimum absolute atomic E-state index is 0.169. The molecule has 36 heavy (non-hydrogen) atoms. The van der Waals surface area contributed by atoms with Crippen LogP contribution in [0.2, 0.25) is 5.02 Å². The Bertz CT molecular complexity index is 1180. The molecule has 0 radical (unpaired) electrons. The van der Waals surface area contributed by atoms with Crippen molar-refractivity contribution in [1.82, 2.24) is 9.80 Å². The first-order chi connectivity index (χ1) is 16.6. The summed E-state index contributed by atoms with van der Waals surface area (Å²) in [6.45, 7) is 8.11. The summed E-state index contributed by atoms with van der Waals surface area (Å²) in [5, 5.41) is 0.584. The van der Waals surface area contributed by atoms with Crippen LogP contribution in [0, 0.1) is 0 Å². The number of hydrogen-bond donors (Lipinski definition) is 0. The van der Waals surface area contributed by atoms with Gasteiger partial charge in [-0.1, -0.05) is 35.9 Å². The number of urea groups is 1. The number of imide groups is 1. The van der Waals surface area contributed by atoms with Crippen LogP contribution in [-0.4, -0.2) is 60.8 Å². The van der Waals surface area contributed by atoms with Gasteiger partial charge in [0.05, 0.1) is 12.1 Å². The predicted molar refractivity (Wildman–Crippen MR) is 137 cm³/mol. The first-order valence-corrected chi connectivity index (χ1v) is 12.6. The van der Waals surface area contributed by atoms with E-state index in [0.29, 0.717) is 5.02 Å². The zero-order valence-electron chi connectivity index (χ0n) is 21.0. The van der Waals surface area contributed by atoms with E-state index in [2.05, 4.69) is 0 Å². The number of likely N-dealkylation sites (N-methyl/N-ethyl adjacent to an activating group) is 1. The maximum atomic E-state index is 13.3. The molecule has 9 nitrogen and oxygen atoms in total. The number of amides is 3. The van der Waals surface area contributed by atoms with Crippen LogP contribution in [0.1, 0.15) is 41.0 Å². The fourth-order valence-electron chi connectivity index (χ4n) is 3.80. The Morgan fingerprint density at radius 1 is 1.08 bits per heavy atom. The number of benzene rings is 2. The number of carbonyl (C=O) groups excluding carboxylic acids is 3. The van der Waals surface area contributed by atoms with E-state index in [-0.39, 0.29) is 5.69 Å². The lowest BCUT2D eigenvalue weighted by Crippen LogP contribution is -2.54. The highest BCUT2D eigenvalue weighted by molar-refractivity contribution is 7.80. The zero-order chi connectivity index (χ0) is 27.0. The molecule has 1 fully saturated rings. The molecular formula is C25H29ClN3O6S-. The van der Waals surface area contributed by atoms with Crippen molar-refractivity contribution in [3.8, 4) is 11.1 Å². The smallest absolute Gasteiger partial charge is 0.329 e.